The standard InChI is InChI=1S/C21H16BrN5O4S/c22-14-9-10-17-16(12-14)20(21(29)24-17)26-25-19(28)13-27(18-8-4-5-11-23-18)32(30,31)15-6-2-1-3-7-15/h1-12,24,29H,13H2. The van der Waals surface area contributed by atoms with E-state index >= 15 is 0 Å². The van der Waals surface area contributed by atoms with Gasteiger partial charge in [0.1, 0.15) is 12.4 Å². The molecule has 2 heterocycles. The Morgan fingerprint density at radius 3 is 2.56 bits per heavy atom. The van der Waals surface area contributed by atoms with Gasteiger partial charge in [-0.2, -0.15) is 0 Å². The number of pyridine rings is 1. The van der Waals surface area contributed by atoms with Crippen LogP contribution in [-0.4, -0.2) is 35.9 Å². The lowest BCUT2D eigenvalue weighted by atomic mass is 10.2. The number of aromatic nitrogens is 2. The van der Waals surface area contributed by atoms with Gasteiger partial charge in [0.15, 0.2) is 5.69 Å². The molecule has 0 atom stereocenters. The summed E-state index contributed by atoms with van der Waals surface area (Å²) >= 11 is 3.34. The summed E-state index contributed by atoms with van der Waals surface area (Å²) in [5, 5.41) is 18.2. The highest BCUT2D eigenvalue weighted by Crippen LogP contribution is 2.36. The number of carbonyl (C=O) groups excluding carboxylic acids is 1. The molecule has 0 aliphatic carbocycles. The zero-order valence-corrected chi connectivity index (χ0v) is 18.8. The van der Waals surface area contributed by atoms with Crippen LogP contribution in [-0.2, 0) is 14.8 Å². The van der Waals surface area contributed by atoms with Crippen LogP contribution in [0.3, 0.4) is 0 Å². The number of carbonyl (C=O) groups is 1. The second kappa shape index (κ2) is 8.89. The van der Waals surface area contributed by atoms with E-state index in [1.165, 1.54) is 24.4 Å². The number of benzene rings is 2. The highest BCUT2D eigenvalue weighted by Gasteiger charge is 2.28. The number of hydrogen-bond donors (Lipinski definition) is 2. The third-order valence-corrected chi connectivity index (χ3v) is 6.75. The molecule has 9 nitrogen and oxygen atoms in total. The molecule has 0 saturated carbocycles. The molecule has 0 fully saturated rings. The average molecular weight is 514 g/mol. The molecule has 0 aliphatic heterocycles. The van der Waals surface area contributed by atoms with Crippen molar-refractivity contribution in [3.8, 4) is 5.88 Å². The molecule has 4 aromatic rings. The molecular weight excluding hydrogens is 498 g/mol. The Morgan fingerprint density at radius 2 is 1.84 bits per heavy atom. The van der Waals surface area contributed by atoms with E-state index in [0.717, 1.165) is 8.78 Å². The SMILES string of the molecule is O=C(CN(c1ccccn1)S(=O)(=O)c1ccccc1)N=Nc1c(O)[nH]c2ccc(Br)cc12. The van der Waals surface area contributed by atoms with Crippen molar-refractivity contribution < 1.29 is 18.3 Å². The van der Waals surface area contributed by atoms with Crippen molar-refractivity contribution in [1.82, 2.24) is 9.97 Å². The number of amides is 1. The van der Waals surface area contributed by atoms with Crippen molar-refractivity contribution in [2.45, 2.75) is 4.90 Å². The Kier molecular flexibility index (Phi) is 6.01. The summed E-state index contributed by atoms with van der Waals surface area (Å²) in [4.78, 5) is 19.4. The number of anilines is 1. The molecule has 0 unspecified atom stereocenters. The number of hydrogen-bond acceptors (Lipinski definition) is 6. The van der Waals surface area contributed by atoms with Crippen LogP contribution in [0.15, 0.2) is 92.5 Å². The topological polar surface area (TPSA) is 128 Å². The maximum Gasteiger partial charge on any atom is 0.285 e. The predicted octanol–water partition coefficient (Wildman–Crippen LogP) is 4.54. The molecule has 0 bridgehead atoms. The molecular formula is C21H16BrN5O4S. The van der Waals surface area contributed by atoms with E-state index in [1.54, 1.807) is 48.5 Å². The van der Waals surface area contributed by atoms with Crippen LogP contribution < -0.4 is 4.31 Å². The quantitative estimate of drug-likeness (QED) is 0.365. The highest BCUT2D eigenvalue weighted by atomic mass is 79.9. The summed E-state index contributed by atoms with van der Waals surface area (Å²) in [5.41, 5.74) is 0.679. The van der Waals surface area contributed by atoms with E-state index in [2.05, 4.69) is 36.1 Å². The third kappa shape index (κ3) is 4.39. The predicted molar refractivity (Wildman–Crippen MR) is 122 cm³/mol. The summed E-state index contributed by atoms with van der Waals surface area (Å²) in [5.74, 6) is -1.02. The second-order valence-corrected chi connectivity index (χ2v) is 9.40. The molecule has 32 heavy (non-hydrogen) atoms. The van der Waals surface area contributed by atoms with Gasteiger partial charge in [-0.3, -0.25) is 4.79 Å². The van der Waals surface area contributed by atoms with Gasteiger partial charge in [0.2, 0.25) is 5.88 Å². The number of azo groups is 1. The Hall–Kier alpha value is -3.57. The summed E-state index contributed by atoms with van der Waals surface area (Å²) in [6, 6.07) is 17.7. The lowest BCUT2D eigenvalue weighted by molar-refractivity contribution is -0.116. The fourth-order valence-corrected chi connectivity index (χ4v) is 4.76. The Morgan fingerprint density at radius 1 is 1.09 bits per heavy atom. The van der Waals surface area contributed by atoms with Crippen LogP contribution in [0.5, 0.6) is 5.88 Å². The van der Waals surface area contributed by atoms with Gasteiger partial charge in [0.05, 0.1) is 10.4 Å². The monoisotopic (exact) mass is 513 g/mol. The van der Waals surface area contributed by atoms with E-state index < -0.39 is 22.5 Å². The van der Waals surface area contributed by atoms with E-state index in [0.29, 0.717) is 10.9 Å². The van der Waals surface area contributed by atoms with Crippen LogP contribution in [0.25, 0.3) is 10.9 Å². The van der Waals surface area contributed by atoms with E-state index in [4.69, 9.17) is 0 Å². The zero-order valence-electron chi connectivity index (χ0n) is 16.4. The van der Waals surface area contributed by atoms with Crippen molar-refractivity contribution in [3.05, 3.63) is 77.4 Å². The number of nitrogens with zero attached hydrogens (tertiary/aromatic N) is 4. The van der Waals surface area contributed by atoms with Crippen LogP contribution in [0.2, 0.25) is 0 Å². The number of fused-ring (bicyclic) bond motifs is 1. The maximum atomic E-state index is 13.2. The van der Waals surface area contributed by atoms with Crippen molar-refractivity contribution in [1.29, 1.82) is 0 Å². The molecule has 2 N–H and O–H groups in total. The number of aromatic amines is 1. The van der Waals surface area contributed by atoms with Gasteiger partial charge in [-0.25, -0.2) is 17.7 Å². The molecule has 0 spiro atoms. The summed E-state index contributed by atoms with van der Waals surface area (Å²) in [7, 11) is -4.08. The molecule has 0 aliphatic rings. The first-order chi connectivity index (χ1) is 15.4. The molecule has 11 heteroatoms. The zero-order chi connectivity index (χ0) is 22.7. The first-order valence-electron chi connectivity index (χ1n) is 9.30. The largest absolute Gasteiger partial charge is 0.493 e. The van der Waals surface area contributed by atoms with Gasteiger partial charge in [-0.05, 0) is 42.5 Å². The number of rotatable bonds is 6. The fourth-order valence-electron chi connectivity index (χ4n) is 3.01. The van der Waals surface area contributed by atoms with Crippen molar-refractivity contribution in [3.63, 3.8) is 0 Å². The molecule has 4 rings (SSSR count). The van der Waals surface area contributed by atoms with Gasteiger partial charge in [-0.1, -0.05) is 40.2 Å². The maximum absolute atomic E-state index is 13.2. The van der Waals surface area contributed by atoms with Gasteiger partial charge < -0.3 is 10.1 Å². The highest BCUT2D eigenvalue weighted by molar-refractivity contribution is 9.10. The van der Waals surface area contributed by atoms with E-state index in [1.807, 2.05) is 0 Å². The first-order valence-corrected chi connectivity index (χ1v) is 11.5. The Bertz CT molecular complexity index is 1410. The van der Waals surface area contributed by atoms with Gasteiger partial charge >= 0.3 is 0 Å². The Balaban J connectivity index is 1.66. The van der Waals surface area contributed by atoms with Gasteiger partial charge in [-0.15, -0.1) is 10.2 Å². The Labute approximate surface area is 191 Å². The molecule has 0 saturated heterocycles. The van der Waals surface area contributed by atoms with Crippen molar-refractivity contribution in [2.24, 2.45) is 10.2 Å². The first kappa shape index (κ1) is 21.7. The summed E-state index contributed by atoms with van der Waals surface area (Å²) in [6.45, 7) is -0.620. The van der Waals surface area contributed by atoms with E-state index in [-0.39, 0.29) is 22.3 Å². The van der Waals surface area contributed by atoms with Crippen molar-refractivity contribution in [2.75, 3.05) is 10.8 Å². The number of nitrogens with one attached hydrogen (secondary N) is 1. The lowest BCUT2D eigenvalue weighted by Gasteiger charge is -2.21. The normalized spacial score (nSPS) is 11.8. The number of halogens is 1. The van der Waals surface area contributed by atoms with Crippen LogP contribution in [0, 0.1) is 0 Å². The number of aromatic hydroxyl groups is 1. The van der Waals surface area contributed by atoms with Crippen LogP contribution in [0.1, 0.15) is 0 Å². The van der Waals surface area contributed by atoms with Gasteiger partial charge in [0.25, 0.3) is 15.9 Å². The molecule has 0 radical (unpaired) electrons. The van der Waals surface area contributed by atoms with Crippen LogP contribution in [0.4, 0.5) is 11.5 Å². The molecule has 162 valence electrons. The minimum absolute atomic E-state index is 0.00881. The minimum atomic E-state index is -4.08. The molecule has 1 amide bonds. The van der Waals surface area contributed by atoms with Crippen LogP contribution >= 0.6 is 15.9 Å². The second-order valence-electron chi connectivity index (χ2n) is 6.62. The van der Waals surface area contributed by atoms with Gasteiger partial charge in [0, 0.05) is 16.1 Å². The average Bonchev–Trinajstić information content (AvgIpc) is 3.11. The number of H-pyrrole nitrogens is 1. The lowest BCUT2D eigenvalue weighted by Crippen LogP contribution is -2.35. The summed E-state index contributed by atoms with van der Waals surface area (Å²) < 4.78 is 28.0. The van der Waals surface area contributed by atoms with Crippen molar-refractivity contribution >= 4 is 54.3 Å². The molecule has 2 aromatic carbocycles. The smallest absolute Gasteiger partial charge is 0.285 e. The summed E-state index contributed by atoms with van der Waals surface area (Å²) in [6.07, 6.45) is 1.43. The number of sulfonamides is 1. The minimum Gasteiger partial charge on any atom is -0.493 e. The molecule has 2 aromatic heterocycles. The third-order valence-electron chi connectivity index (χ3n) is 4.49. The fraction of sp³-hybridized carbons (Fsp3) is 0.0476. The van der Waals surface area contributed by atoms with E-state index in [9.17, 15) is 18.3 Å².